The lowest BCUT2D eigenvalue weighted by molar-refractivity contribution is 0.548. The molecule has 0 radical (unpaired) electrons. The maximum absolute atomic E-state index is 13.2. The first-order valence-electron chi connectivity index (χ1n) is 7.77. The Morgan fingerprint density at radius 2 is 2.00 bits per heavy atom. The summed E-state index contributed by atoms with van der Waals surface area (Å²) in [4.78, 5) is 12.8. The van der Waals surface area contributed by atoms with Gasteiger partial charge >= 0.3 is 0 Å². The zero-order valence-electron chi connectivity index (χ0n) is 13.6. The van der Waals surface area contributed by atoms with E-state index >= 15 is 0 Å². The van der Waals surface area contributed by atoms with Crippen molar-refractivity contribution in [2.24, 2.45) is 0 Å². The topological polar surface area (TPSA) is 81.1 Å². The molecular formula is C17H16FN3O3S2. The molecule has 3 rings (SSSR count). The van der Waals surface area contributed by atoms with Crippen molar-refractivity contribution in [1.82, 2.24) is 14.5 Å². The second-order valence-electron chi connectivity index (χ2n) is 5.54. The van der Waals surface area contributed by atoms with Crippen LogP contribution in [0.1, 0.15) is 5.56 Å². The van der Waals surface area contributed by atoms with Crippen LogP contribution in [0, 0.1) is 5.82 Å². The summed E-state index contributed by atoms with van der Waals surface area (Å²) in [5, 5.41) is 6.17. The second kappa shape index (κ2) is 7.90. The number of hydrogen-bond donors (Lipinski definition) is 1. The van der Waals surface area contributed by atoms with E-state index in [1.807, 2.05) is 17.5 Å². The molecule has 136 valence electrons. The first-order chi connectivity index (χ1) is 12.4. The number of nitrogens with zero attached hydrogens (tertiary/aromatic N) is 2. The summed E-state index contributed by atoms with van der Waals surface area (Å²) in [6.07, 6.45) is 0. The van der Waals surface area contributed by atoms with Crippen LogP contribution in [0.25, 0.3) is 10.6 Å². The van der Waals surface area contributed by atoms with Crippen molar-refractivity contribution in [3.8, 4) is 10.6 Å². The minimum absolute atomic E-state index is 0.0124. The third kappa shape index (κ3) is 4.84. The Hall–Kier alpha value is -2.36. The average Bonchev–Trinajstić information content (AvgIpc) is 3.10. The van der Waals surface area contributed by atoms with E-state index in [9.17, 15) is 17.6 Å². The quantitative estimate of drug-likeness (QED) is 0.667. The molecule has 3 aromatic rings. The zero-order chi connectivity index (χ0) is 18.6. The minimum atomic E-state index is -3.65. The SMILES string of the molecule is O=c1ccc(-c2cccs2)nn1CCNS(=O)(=O)Cc1cccc(F)c1. The largest absolute Gasteiger partial charge is 0.268 e. The molecule has 0 bridgehead atoms. The molecule has 6 nitrogen and oxygen atoms in total. The van der Waals surface area contributed by atoms with Crippen LogP contribution in [-0.2, 0) is 22.3 Å². The number of halogens is 1. The Morgan fingerprint density at radius 1 is 1.15 bits per heavy atom. The Kier molecular flexibility index (Phi) is 5.60. The van der Waals surface area contributed by atoms with Crippen molar-refractivity contribution in [3.05, 3.63) is 75.6 Å². The lowest BCUT2D eigenvalue weighted by Crippen LogP contribution is -2.32. The molecule has 2 heterocycles. The number of hydrogen-bond acceptors (Lipinski definition) is 5. The molecule has 0 saturated heterocycles. The molecule has 26 heavy (non-hydrogen) atoms. The molecule has 0 aliphatic carbocycles. The van der Waals surface area contributed by atoms with Crippen molar-refractivity contribution < 1.29 is 12.8 Å². The fourth-order valence-electron chi connectivity index (χ4n) is 2.37. The van der Waals surface area contributed by atoms with E-state index < -0.39 is 15.8 Å². The van der Waals surface area contributed by atoms with Crippen molar-refractivity contribution >= 4 is 21.4 Å². The number of sulfonamides is 1. The van der Waals surface area contributed by atoms with Crippen LogP contribution >= 0.6 is 11.3 Å². The van der Waals surface area contributed by atoms with Gasteiger partial charge in [-0.1, -0.05) is 18.2 Å². The van der Waals surface area contributed by atoms with Gasteiger partial charge in [0, 0.05) is 12.6 Å². The van der Waals surface area contributed by atoms with Gasteiger partial charge in [-0.2, -0.15) is 5.10 Å². The minimum Gasteiger partial charge on any atom is -0.268 e. The first kappa shape index (κ1) is 18.4. The molecule has 0 spiro atoms. The lowest BCUT2D eigenvalue weighted by atomic mass is 10.2. The third-order valence-corrected chi connectivity index (χ3v) is 5.78. The van der Waals surface area contributed by atoms with Crippen molar-refractivity contribution in [2.75, 3.05) is 6.54 Å². The van der Waals surface area contributed by atoms with Gasteiger partial charge in [-0.05, 0) is 35.2 Å². The van der Waals surface area contributed by atoms with Crippen molar-refractivity contribution in [2.45, 2.75) is 12.3 Å². The van der Waals surface area contributed by atoms with E-state index in [0.29, 0.717) is 11.3 Å². The van der Waals surface area contributed by atoms with Gasteiger partial charge in [0.1, 0.15) is 11.5 Å². The molecule has 0 saturated carbocycles. The Labute approximate surface area is 154 Å². The highest BCUT2D eigenvalue weighted by molar-refractivity contribution is 7.88. The molecule has 1 N–H and O–H groups in total. The molecule has 0 unspecified atom stereocenters. The summed E-state index contributed by atoms with van der Waals surface area (Å²) >= 11 is 1.50. The van der Waals surface area contributed by atoms with Crippen LogP contribution in [0.4, 0.5) is 4.39 Å². The summed E-state index contributed by atoms with van der Waals surface area (Å²) < 4.78 is 41.0. The Morgan fingerprint density at radius 3 is 2.73 bits per heavy atom. The first-order valence-corrected chi connectivity index (χ1v) is 10.3. The molecule has 1 aromatic carbocycles. The predicted octanol–water partition coefficient (Wildman–Crippen LogP) is 2.23. The second-order valence-corrected chi connectivity index (χ2v) is 8.30. The van der Waals surface area contributed by atoms with E-state index in [0.717, 1.165) is 4.88 Å². The van der Waals surface area contributed by atoms with Crippen molar-refractivity contribution in [1.29, 1.82) is 0 Å². The molecule has 0 aliphatic rings. The lowest BCUT2D eigenvalue weighted by Gasteiger charge is -2.09. The zero-order valence-corrected chi connectivity index (χ0v) is 15.3. The number of benzene rings is 1. The molecular weight excluding hydrogens is 377 g/mol. The van der Waals surface area contributed by atoms with Crippen LogP contribution in [0.2, 0.25) is 0 Å². The third-order valence-electron chi connectivity index (χ3n) is 3.53. The van der Waals surface area contributed by atoms with E-state index in [2.05, 4.69) is 9.82 Å². The van der Waals surface area contributed by atoms with Crippen LogP contribution in [0.15, 0.2) is 58.7 Å². The summed E-state index contributed by atoms with van der Waals surface area (Å²) in [5.74, 6) is -0.818. The van der Waals surface area contributed by atoms with Crippen LogP contribution in [0.3, 0.4) is 0 Å². The summed E-state index contributed by atoms with van der Waals surface area (Å²) in [7, 11) is -3.65. The summed E-state index contributed by atoms with van der Waals surface area (Å²) in [6, 6.07) is 12.2. The van der Waals surface area contributed by atoms with Gasteiger partial charge in [-0.25, -0.2) is 22.2 Å². The number of nitrogens with one attached hydrogen (secondary N) is 1. The highest BCUT2D eigenvalue weighted by Crippen LogP contribution is 2.20. The molecule has 2 aromatic heterocycles. The van der Waals surface area contributed by atoms with E-state index in [1.165, 1.54) is 40.3 Å². The van der Waals surface area contributed by atoms with E-state index in [4.69, 9.17) is 0 Å². The highest BCUT2D eigenvalue weighted by Gasteiger charge is 2.12. The molecule has 0 amide bonds. The normalized spacial score (nSPS) is 11.6. The van der Waals surface area contributed by atoms with Gasteiger partial charge in [0.25, 0.3) is 5.56 Å². The monoisotopic (exact) mass is 393 g/mol. The van der Waals surface area contributed by atoms with E-state index in [1.54, 1.807) is 12.1 Å². The van der Waals surface area contributed by atoms with Gasteiger partial charge in [-0.3, -0.25) is 4.79 Å². The smallest absolute Gasteiger partial charge is 0.266 e. The number of thiophene rings is 1. The van der Waals surface area contributed by atoms with Crippen molar-refractivity contribution in [3.63, 3.8) is 0 Å². The highest BCUT2D eigenvalue weighted by atomic mass is 32.2. The maximum Gasteiger partial charge on any atom is 0.266 e. The number of aromatic nitrogens is 2. The fourth-order valence-corrected chi connectivity index (χ4v) is 4.18. The summed E-state index contributed by atoms with van der Waals surface area (Å²) in [6.45, 7) is 0.110. The maximum atomic E-state index is 13.2. The summed E-state index contributed by atoms with van der Waals surface area (Å²) in [5.41, 5.74) is 0.698. The standard InChI is InChI=1S/C17H16FN3O3S2/c18-14-4-1-3-13(11-14)12-26(23,24)19-8-9-21-17(22)7-6-15(20-21)16-5-2-10-25-16/h1-7,10-11,19H,8-9,12H2. The van der Waals surface area contributed by atoms with Crippen LogP contribution in [0.5, 0.6) is 0 Å². The molecule has 9 heteroatoms. The van der Waals surface area contributed by atoms with Gasteiger partial charge in [0.05, 0.1) is 17.2 Å². The van der Waals surface area contributed by atoms with E-state index in [-0.39, 0.29) is 24.4 Å². The molecule has 0 atom stereocenters. The Bertz CT molecular complexity index is 1050. The van der Waals surface area contributed by atoms with Crippen LogP contribution < -0.4 is 10.3 Å². The predicted molar refractivity (Wildman–Crippen MR) is 98.8 cm³/mol. The number of rotatable bonds is 7. The van der Waals surface area contributed by atoms with Crippen LogP contribution in [-0.4, -0.2) is 24.7 Å². The fraction of sp³-hybridized carbons (Fsp3) is 0.176. The molecule has 0 aliphatic heterocycles. The average molecular weight is 393 g/mol. The Balaban J connectivity index is 1.64. The van der Waals surface area contributed by atoms with Gasteiger partial charge in [0.15, 0.2) is 0 Å². The van der Waals surface area contributed by atoms with Gasteiger partial charge < -0.3 is 0 Å². The van der Waals surface area contributed by atoms with Gasteiger partial charge in [-0.15, -0.1) is 11.3 Å². The van der Waals surface area contributed by atoms with Gasteiger partial charge in [0.2, 0.25) is 10.0 Å². The molecule has 0 fully saturated rings.